The monoisotopic (exact) mass is 294 g/mol. The Bertz CT molecular complexity index is 258. The summed E-state index contributed by atoms with van der Waals surface area (Å²) in [6.45, 7) is 3.06. The highest BCUT2D eigenvalue weighted by Gasteiger charge is 2.59. The summed E-state index contributed by atoms with van der Waals surface area (Å²) in [4.78, 5) is 1.96. The van der Waals surface area contributed by atoms with Gasteiger partial charge in [0.05, 0.1) is 13.2 Å². The minimum atomic E-state index is -5.52. The Morgan fingerprint density at radius 3 is 2.22 bits per heavy atom. The van der Waals surface area contributed by atoms with Crippen LogP contribution in [0, 0.1) is 0 Å². The maximum Gasteiger partial charge on any atom is 0.465 e. The van der Waals surface area contributed by atoms with Crippen LogP contribution in [-0.4, -0.2) is 67.1 Å². The molecule has 0 atom stereocenters. The number of nitrogens with zero attached hydrogens (tertiary/aromatic N) is 2. The van der Waals surface area contributed by atoms with Gasteiger partial charge in [-0.05, 0) is 7.05 Å². The van der Waals surface area contributed by atoms with Crippen molar-refractivity contribution in [3.8, 4) is 0 Å². The quantitative estimate of drug-likeness (QED) is 0.569. The largest absolute Gasteiger partial charge is 0.465 e. The molecule has 0 aromatic carbocycles. The predicted molar refractivity (Wildman–Crippen MR) is 58.5 cm³/mol. The van der Waals surface area contributed by atoms with Crippen LogP contribution in [0.2, 0.25) is 0 Å². The molecule has 0 bridgehead atoms. The number of halogens is 5. The summed E-state index contributed by atoms with van der Waals surface area (Å²) in [6, 6.07) is 0. The molecule has 0 amide bonds. The van der Waals surface area contributed by atoms with E-state index in [1.165, 1.54) is 7.05 Å². The topological polar surface area (TPSA) is 15.7 Å². The highest BCUT2D eigenvalue weighted by Crippen LogP contribution is 2.44. The van der Waals surface area contributed by atoms with Crippen LogP contribution < -0.4 is 0 Å². The third-order valence-electron chi connectivity index (χ3n) is 2.44. The molecule has 0 saturated carbocycles. The van der Waals surface area contributed by atoms with Crippen LogP contribution in [0.3, 0.4) is 0 Å². The molecular formula is C9H15F5N2OS. The first-order valence-electron chi connectivity index (χ1n) is 5.37. The highest BCUT2D eigenvalue weighted by molar-refractivity contribution is 7.98. The molecule has 3 nitrogen and oxygen atoms in total. The van der Waals surface area contributed by atoms with Gasteiger partial charge in [-0.15, -0.1) is 0 Å². The second-order valence-electron chi connectivity index (χ2n) is 3.91. The molecule has 1 rings (SSSR count). The third kappa shape index (κ3) is 4.87. The second kappa shape index (κ2) is 6.36. The van der Waals surface area contributed by atoms with Crippen molar-refractivity contribution in [1.29, 1.82) is 0 Å². The first-order chi connectivity index (χ1) is 8.22. The van der Waals surface area contributed by atoms with Gasteiger partial charge in [0.15, 0.2) is 0 Å². The standard InChI is InChI=1S/C9H15F5N2OS/c1-15(18-9(13,14)8(10,11)12)2-3-16-4-6-17-7-5-16/h2-7H2,1H3. The summed E-state index contributed by atoms with van der Waals surface area (Å²) >= 11 is -0.486. The van der Waals surface area contributed by atoms with E-state index in [9.17, 15) is 22.0 Å². The van der Waals surface area contributed by atoms with Crippen LogP contribution >= 0.6 is 11.9 Å². The molecule has 108 valence electrons. The Morgan fingerprint density at radius 2 is 1.72 bits per heavy atom. The zero-order valence-electron chi connectivity index (χ0n) is 9.84. The molecule has 0 aliphatic carbocycles. The van der Waals surface area contributed by atoms with E-state index < -0.39 is 23.4 Å². The first kappa shape index (κ1) is 15.9. The number of rotatable bonds is 5. The van der Waals surface area contributed by atoms with Gasteiger partial charge in [-0.25, -0.2) is 4.31 Å². The van der Waals surface area contributed by atoms with Crippen LogP contribution in [0.25, 0.3) is 0 Å². The predicted octanol–water partition coefficient (Wildman–Crippen LogP) is 2.05. The molecule has 9 heteroatoms. The zero-order valence-corrected chi connectivity index (χ0v) is 10.7. The summed E-state index contributed by atoms with van der Waals surface area (Å²) in [5, 5.41) is -4.74. The van der Waals surface area contributed by atoms with E-state index >= 15 is 0 Å². The Hall–Kier alpha value is -0.120. The van der Waals surface area contributed by atoms with Crippen molar-refractivity contribution in [2.45, 2.75) is 11.4 Å². The van der Waals surface area contributed by atoms with E-state index in [1.807, 2.05) is 4.90 Å². The molecule has 1 saturated heterocycles. The minimum absolute atomic E-state index is 0.135. The van der Waals surface area contributed by atoms with Crippen LogP contribution in [-0.2, 0) is 4.74 Å². The molecule has 1 aliphatic rings. The maximum atomic E-state index is 12.7. The fourth-order valence-corrected chi connectivity index (χ4v) is 2.07. The van der Waals surface area contributed by atoms with Gasteiger partial charge in [0.25, 0.3) is 0 Å². The van der Waals surface area contributed by atoms with Crippen molar-refractivity contribution in [3.05, 3.63) is 0 Å². The van der Waals surface area contributed by atoms with E-state index in [0.717, 1.165) is 4.31 Å². The number of hydrogen-bond donors (Lipinski definition) is 0. The van der Waals surface area contributed by atoms with Crippen LogP contribution in [0.1, 0.15) is 0 Å². The summed E-state index contributed by atoms with van der Waals surface area (Å²) < 4.78 is 67.3. The smallest absolute Gasteiger partial charge is 0.379 e. The number of morpholine rings is 1. The van der Waals surface area contributed by atoms with Crippen LogP contribution in [0.4, 0.5) is 22.0 Å². The van der Waals surface area contributed by atoms with Crippen LogP contribution in [0.15, 0.2) is 0 Å². The van der Waals surface area contributed by atoms with Gasteiger partial charge in [-0.1, -0.05) is 0 Å². The van der Waals surface area contributed by atoms with Gasteiger partial charge in [0.1, 0.15) is 0 Å². The van der Waals surface area contributed by atoms with Crippen molar-refractivity contribution in [1.82, 2.24) is 9.21 Å². The lowest BCUT2D eigenvalue weighted by atomic mass is 10.4. The van der Waals surface area contributed by atoms with E-state index in [1.54, 1.807) is 0 Å². The molecule has 1 heterocycles. The lowest BCUT2D eigenvalue weighted by molar-refractivity contribution is -0.238. The lowest BCUT2D eigenvalue weighted by Gasteiger charge is -2.29. The van der Waals surface area contributed by atoms with Crippen molar-refractivity contribution >= 4 is 11.9 Å². The second-order valence-corrected chi connectivity index (χ2v) is 5.23. The van der Waals surface area contributed by atoms with Gasteiger partial charge in [0, 0.05) is 38.1 Å². The molecule has 1 aliphatic heterocycles. The summed E-state index contributed by atoms with van der Waals surface area (Å²) in [5.74, 6) is 0. The molecule has 1 fully saturated rings. The molecule has 0 aromatic rings. The Kier molecular flexibility index (Phi) is 5.63. The number of hydrogen-bond acceptors (Lipinski definition) is 4. The minimum Gasteiger partial charge on any atom is -0.379 e. The number of likely N-dealkylation sites (N-methyl/N-ethyl adjacent to an activating group) is 1. The Balaban J connectivity index is 2.30. The molecule has 0 N–H and O–H groups in total. The lowest BCUT2D eigenvalue weighted by Crippen LogP contribution is -2.41. The van der Waals surface area contributed by atoms with Gasteiger partial charge in [-0.3, -0.25) is 4.90 Å². The van der Waals surface area contributed by atoms with Crippen LogP contribution in [0.5, 0.6) is 0 Å². The van der Waals surface area contributed by atoms with Gasteiger partial charge >= 0.3 is 11.4 Å². The van der Waals surface area contributed by atoms with E-state index in [0.29, 0.717) is 32.8 Å². The first-order valence-corrected chi connectivity index (χ1v) is 6.14. The van der Waals surface area contributed by atoms with Crippen molar-refractivity contribution < 1.29 is 26.7 Å². The average Bonchev–Trinajstić information content (AvgIpc) is 2.26. The van der Waals surface area contributed by atoms with E-state index in [-0.39, 0.29) is 6.54 Å². The normalized spacial score (nSPS) is 19.5. The Morgan fingerprint density at radius 1 is 1.17 bits per heavy atom. The molecule has 0 radical (unpaired) electrons. The maximum absolute atomic E-state index is 12.7. The van der Waals surface area contributed by atoms with Crippen molar-refractivity contribution in [2.75, 3.05) is 46.4 Å². The molecule has 0 aromatic heterocycles. The van der Waals surface area contributed by atoms with Gasteiger partial charge in [-0.2, -0.15) is 22.0 Å². The third-order valence-corrected chi connectivity index (χ3v) is 3.39. The van der Waals surface area contributed by atoms with Crippen molar-refractivity contribution in [2.24, 2.45) is 0 Å². The Labute approximate surface area is 106 Å². The fourth-order valence-electron chi connectivity index (χ4n) is 1.40. The molecule has 0 spiro atoms. The van der Waals surface area contributed by atoms with E-state index in [2.05, 4.69) is 0 Å². The van der Waals surface area contributed by atoms with Crippen molar-refractivity contribution in [3.63, 3.8) is 0 Å². The highest BCUT2D eigenvalue weighted by atomic mass is 32.2. The number of ether oxygens (including phenoxy) is 1. The van der Waals surface area contributed by atoms with Gasteiger partial charge < -0.3 is 4.74 Å². The molecular weight excluding hydrogens is 279 g/mol. The summed E-state index contributed by atoms with van der Waals surface area (Å²) in [5.41, 5.74) is 0. The molecule has 18 heavy (non-hydrogen) atoms. The SMILES string of the molecule is CN(CCN1CCOCC1)SC(F)(F)C(F)(F)F. The summed E-state index contributed by atoms with van der Waals surface area (Å²) in [7, 11) is 1.23. The van der Waals surface area contributed by atoms with E-state index in [4.69, 9.17) is 4.74 Å². The van der Waals surface area contributed by atoms with Gasteiger partial charge in [0.2, 0.25) is 0 Å². The summed E-state index contributed by atoms with van der Waals surface area (Å²) in [6.07, 6.45) is -5.52. The fraction of sp³-hybridized carbons (Fsp3) is 1.00. The zero-order chi connectivity index (χ0) is 13.8. The molecule has 0 unspecified atom stereocenters. The average molecular weight is 294 g/mol. The number of alkyl halides is 5.